The second kappa shape index (κ2) is 9.13. The van der Waals surface area contributed by atoms with Gasteiger partial charge in [0.25, 0.3) is 0 Å². The number of aliphatic hydroxyl groups is 1. The standard InChI is InChI=1S/C21H34N2O2/c1-17(2)14-22-10-12-23(13-11-22)15-19(24)16-25-21-9-5-7-18-6-3-4-8-20(18)21/h3-4,6,8,17,19,21,24H,5,7,9-16H2,1-2H3. The lowest BCUT2D eigenvalue weighted by Gasteiger charge is -2.36. The Morgan fingerprint density at radius 1 is 1.08 bits per heavy atom. The number of ether oxygens (including phenoxy) is 1. The molecule has 1 aliphatic carbocycles. The molecule has 1 aromatic rings. The Bertz CT molecular complexity index is 526. The summed E-state index contributed by atoms with van der Waals surface area (Å²) in [6, 6.07) is 8.58. The molecule has 4 heteroatoms. The quantitative estimate of drug-likeness (QED) is 0.823. The predicted octanol–water partition coefficient (Wildman–Crippen LogP) is 2.72. The number of benzene rings is 1. The average Bonchev–Trinajstić information content (AvgIpc) is 2.61. The van der Waals surface area contributed by atoms with Crippen LogP contribution in [0.1, 0.15) is 43.9 Å². The molecule has 1 N–H and O–H groups in total. The van der Waals surface area contributed by atoms with Crippen LogP contribution >= 0.6 is 0 Å². The predicted molar refractivity (Wildman–Crippen MR) is 102 cm³/mol. The van der Waals surface area contributed by atoms with Gasteiger partial charge in [0.15, 0.2) is 0 Å². The highest BCUT2D eigenvalue weighted by Crippen LogP contribution is 2.32. The van der Waals surface area contributed by atoms with Gasteiger partial charge in [-0.3, -0.25) is 4.90 Å². The molecule has 1 saturated heterocycles. The van der Waals surface area contributed by atoms with Crippen LogP contribution in [0.15, 0.2) is 24.3 Å². The van der Waals surface area contributed by atoms with Crippen LogP contribution in [0.4, 0.5) is 0 Å². The Labute approximate surface area is 152 Å². The molecular formula is C21H34N2O2. The van der Waals surface area contributed by atoms with Crippen molar-refractivity contribution in [1.82, 2.24) is 9.80 Å². The van der Waals surface area contributed by atoms with Crippen molar-refractivity contribution in [2.75, 3.05) is 45.9 Å². The summed E-state index contributed by atoms with van der Waals surface area (Å²) in [7, 11) is 0. The molecule has 1 aliphatic heterocycles. The van der Waals surface area contributed by atoms with E-state index in [9.17, 15) is 5.11 Å². The van der Waals surface area contributed by atoms with Gasteiger partial charge < -0.3 is 14.7 Å². The zero-order valence-corrected chi connectivity index (χ0v) is 15.9. The fraction of sp³-hybridized carbons (Fsp3) is 0.714. The fourth-order valence-electron chi connectivity index (χ4n) is 4.13. The molecule has 0 radical (unpaired) electrons. The number of fused-ring (bicyclic) bond motifs is 1. The Balaban J connectivity index is 1.40. The Kier molecular flexibility index (Phi) is 6.88. The summed E-state index contributed by atoms with van der Waals surface area (Å²) in [4.78, 5) is 4.91. The van der Waals surface area contributed by atoms with E-state index in [0.717, 1.165) is 51.5 Å². The summed E-state index contributed by atoms with van der Waals surface area (Å²) in [5.74, 6) is 0.726. The van der Waals surface area contributed by atoms with Crippen LogP contribution in [0.25, 0.3) is 0 Å². The number of piperazine rings is 1. The minimum atomic E-state index is -0.397. The minimum Gasteiger partial charge on any atom is -0.389 e. The number of aliphatic hydroxyl groups excluding tert-OH is 1. The summed E-state index contributed by atoms with van der Waals surface area (Å²) >= 11 is 0. The molecule has 2 aliphatic rings. The van der Waals surface area contributed by atoms with Crippen molar-refractivity contribution in [3.8, 4) is 0 Å². The topological polar surface area (TPSA) is 35.9 Å². The SMILES string of the molecule is CC(C)CN1CCN(CC(O)COC2CCCc3ccccc32)CC1. The molecule has 0 bridgehead atoms. The largest absolute Gasteiger partial charge is 0.389 e. The molecule has 3 rings (SSSR count). The zero-order valence-electron chi connectivity index (χ0n) is 15.9. The van der Waals surface area contributed by atoms with Gasteiger partial charge in [-0.05, 0) is 36.3 Å². The van der Waals surface area contributed by atoms with Crippen molar-refractivity contribution in [1.29, 1.82) is 0 Å². The van der Waals surface area contributed by atoms with E-state index < -0.39 is 6.10 Å². The molecule has 140 valence electrons. The third-order valence-electron chi connectivity index (χ3n) is 5.36. The van der Waals surface area contributed by atoms with E-state index in [-0.39, 0.29) is 6.10 Å². The van der Waals surface area contributed by atoms with E-state index in [0.29, 0.717) is 6.61 Å². The summed E-state index contributed by atoms with van der Waals surface area (Å²) in [5.41, 5.74) is 2.73. The molecule has 1 aromatic carbocycles. The summed E-state index contributed by atoms with van der Waals surface area (Å²) < 4.78 is 6.10. The van der Waals surface area contributed by atoms with E-state index >= 15 is 0 Å². The molecule has 1 heterocycles. The lowest BCUT2D eigenvalue weighted by Crippen LogP contribution is -2.49. The van der Waals surface area contributed by atoms with Gasteiger partial charge in [0.1, 0.15) is 0 Å². The maximum atomic E-state index is 10.4. The van der Waals surface area contributed by atoms with Gasteiger partial charge in [0, 0.05) is 39.3 Å². The van der Waals surface area contributed by atoms with E-state index in [1.807, 2.05) is 0 Å². The molecule has 4 nitrogen and oxygen atoms in total. The van der Waals surface area contributed by atoms with E-state index in [2.05, 4.69) is 47.9 Å². The van der Waals surface area contributed by atoms with Gasteiger partial charge in [-0.1, -0.05) is 38.1 Å². The van der Waals surface area contributed by atoms with E-state index in [1.54, 1.807) is 0 Å². The number of β-amino-alcohol motifs (C(OH)–C–C–N with tert-alkyl or cyclic N) is 1. The number of nitrogens with zero attached hydrogens (tertiary/aromatic N) is 2. The molecule has 1 fully saturated rings. The van der Waals surface area contributed by atoms with Crippen LogP contribution in [0.5, 0.6) is 0 Å². The molecule has 0 saturated carbocycles. The summed E-state index contributed by atoms with van der Waals surface area (Å²) in [5, 5.41) is 10.4. The van der Waals surface area contributed by atoms with Crippen molar-refractivity contribution < 1.29 is 9.84 Å². The van der Waals surface area contributed by atoms with E-state index in [1.165, 1.54) is 24.1 Å². The number of hydrogen-bond donors (Lipinski definition) is 1. The van der Waals surface area contributed by atoms with Crippen LogP contribution < -0.4 is 0 Å². The van der Waals surface area contributed by atoms with Crippen molar-refractivity contribution in [2.24, 2.45) is 5.92 Å². The van der Waals surface area contributed by atoms with Gasteiger partial charge in [0.2, 0.25) is 0 Å². The maximum absolute atomic E-state index is 10.4. The third kappa shape index (κ3) is 5.52. The van der Waals surface area contributed by atoms with Gasteiger partial charge in [-0.2, -0.15) is 0 Å². The van der Waals surface area contributed by atoms with Gasteiger partial charge in [-0.25, -0.2) is 0 Å². The maximum Gasteiger partial charge on any atom is 0.0900 e. The molecular weight excluding hydrogens is 312 g/mol. The second-order valence-corrected chi connectivity index (χ2v) is 8.06. The zero-order chi connectivity index (χ0) is 17.6. The van der Waals surface area contributed by atoms with Crippen molar-refractivity contribution in [3.63, 3.8) is 0 Å². The summed E-state index contributed by atoms with van der Waals surface area (Å²) in [6.45, 7) is 11.2. The minimum absolute atomic E-state index is 0.155. The van der Waals surface area contributed by atoms with Crippen molar-refractivity contribution in [2.45, 2.75) is 45.3 Å². The first-order valence-electron chi connectivity index (χ1n) is 9.94. The van der Waals surface area contributed by atoms with Crippen LogP contribution in [0.2, 0.25) is 0 Å². The molecule has 0 aromatic heterocycles. The first-order valence-corrected chi connectivity index (χ1v) is 9.94. The van der Waals surface area contributed by atoms with Gasteiger partial charge >= 0.3 is 0 Å². The highest BCUT2D eigenvalue weighted by molar-refractivity contribution is 5.31. The van der Waals surface area contributed by atoms with Crippen molar-refractivity contribution in [3.05, 3.63) is 35.4 Å². The van der Waals surface area contributed by atoms with Crippen molar-refractivity contribution >= 4 is 0 Å². The highest BCUT2D eigenvalue weighted by atomic mass is 16.5. The van der Waals surface area contributed by atoms with Crippen LogP contribution in [0.3, 0.4) is 0 Å². The molecule has 0 amide bonds. The Hall–Kier alpha value is -0.940. The highest BCUT2D eigenvalue weighted by Gasteiger charge is 2.23. The fourth-order valence-corrected chi connectivity index (χ4v) is 4.13. The normalized spacial score (nSPS) is 23.6. The monoisotopic (exact) mass is 346 g/mol. The third-order valence-corrected chi connectivity index (χ3v) is 5.36. The second-order valence-electron chi connectivity index (χ2n) is 8.06. The average molecular weight is 347 g/mol. The lowest BCUT2D eigenvalue weighted by atomic mass is 9.89. The summed E-state index contributed by atoms with van der Waals surface area (Å²) in [6.07, 6.45) is 3.15. The van der Waals surface area contributed by atoms with Crippen LogP contribution in [-0.2, 0) is 11.2 Å². The van der Waals surface area contributed by atoms with Gasteiger partial charge in [0.05, 0.1) is 18.8 Å². The van der Waals surface area contributed by atoms with E-state index in [4.69, 9.17) is 4.74 Å². The molecule has 0 spiro atoms. The van der Waals surface area contributed by atoms with Gasteiger partial charge in [-0.15, -0.1) is 0 Å². The molecule has 2 unspecified atom stereocenters. The first-order chi connectivity index (χ1) is 12.1. The number of aryl methyl sites for hydroxylation is 1. The number of hydrogen-bond acceptors (Lipinski definition) is 4. The first kappa shape index (κ1) is 18.8. The lowest BCUT2D eigenvalue weighted by molar-refractivity contribution is -0.0325. The Morgan fingerprint density at radius 2 is 1.76 bits per heavy atom. The smallest absolute Gasteiger partial charge is 0.0900 e. The number of rotatable bonds is 7. The van der Waals surface area contributed by atoms with Crippen LogP contribution in [0, 0.1) is 5.92 Å². The Morgan fingerprint density at radius 3 is 2.48 bits per heavy atom. The van der Waals surface area contributed by atoms with Crippen LogP contribution in [-0.4, -0.2) is 66.9 Å². The molecule has 25 heavy (non-hydrogen) atoms. The molecule has 2 atom stereocenters.